The lowest BCUT2D eigenvalue weighted by Gasteiger charge is -2.23. The van der Waals surface area contributed by atoms with Gasteiger partial charge in [0.15, 0.2) is 0 Å². The van der Waals surface area contributed by atoms with Crippen molar-refractivity contribution in [2.75, 3.05) is 5.75 Å². The molecule has 0 bridgehead atoms. The van der Waals surface area contributed by atoms with Gasteiger partial charge in [-0.25, -0.2) is 0 Å². The smallest absolute Gasteiger partial charge is 0.231 e. The highest BCUT2D eigenvalue weighted by Crippen LogP contribution is 2.39. The summed E-state index contributed by atoms with van der Waals surface area (Å²) in [4.78, 5) is 13.3. The first kappa shape index (κ1) is 15.9. The number of aryl methyl sites for hydroxylation is 3. The van der Waals surface area contributed by atoms with Crippen LogP contribution in [0.5, 0.6) is 0 Å². The quantitative estimate of drug-likeness (QED) is 0.847. The summed E-state index contributed by atoms with van der Waals surface area (Å²) in [5.74, 6) is 0.615. The van der Waals surface area contributed by atoms with Crippen molar-refractivity contribution in [2.45, 2.75) is 51.0 Å². The fourth-order valence-corrected chi connectivity index (χ4v) is 3.66. The average molecular weight is 302 g/mol. The summed E-state index contributed by atoms with van der Waals surface area (Å²) >= 11 is 1.55. The predicted molar refractivity (Wildman–Crippen MR) is 86.3 cm³/mol. The molecule has 0 saturated heterocycles. The minimum absolute atomic E-state index is 0.0599. The van der Waals surface area contributed by atoms with E-state index >= 15 is 0 Å². The van der Waals surface area contributed by atoms with Crippen LogP contribution in [0.4, 0.5) is 0 Å². The molecule has 21 heavy (non-hydrogen) atoms. The third kappa shape index (κ3) is 3.79. The van der Waals surface area contributed by atoms with Gasteiger partial charge in [-0.2, -0.15) is 5.26 Å². The van der Waals surface area contributed by atoms with Crippen molar-refractivity contribution < 1.29 is 4.79 Å². The van der Waals surface area contributed by atoms with Gasteiger partial charge in [0.2, 0.25) is 5.91 Å². The molecule has 0 heterocycles. The van der Waals surface area contributed by atoms with Crippen LogP contribution in [0.1, 0.15) is 36.5 Å². The zero-order valence-electron chi connectivity index (χ0n) is 13.1. The number of thioether (sulfide) groups is 1. The largest absolute Gasteiger partial charge is 0.337 e. The first-order valence-electron chi connectivity index (χ1n) is 7.28. The van der Waals surface area contributed by atoms with E-state index in [1.54, 1.807) is 11.8 Å². The lowest BCUT2D eigenvalue weighted by Crippen LogP contribution is -2.47. The summed E-state index contributed by atoms with van der Waals surface area (Å²) in [6.07, 6.45) is 2.07. The Morgan fingerprint density at radius 2 is 1.95 bits per heavy atom. The summed E-state index contributed by atoms with van der Waals surface area (Å²) in [7, 11) is 0. The molecule has 1 aliphatic carbocycles. The molecule has 0 aromatic heterocycles. The molecule has 1 aromatic carbocycles. The van der Waals surface area contributed by atoms with Crippen molar-refractivity contribution in [3.05, 3.63) is 28.8 Å². The first-order chi connectivity index (χ1) is 9.85. The number of amides is 1. The van der Waals surface area contributed by atoms with Gasteiger partial charge in [-0.1, -0.05) is 17.7 Å². The molecular formula is C17H22N2OS. The number of hydrogen-bond donors (Lipinski definition) is 1. The summed E-state index contributed by atoms with van der Waals surface area (Å²) in [5, 5.41) is 12.2. The molecule has 0 unspecified atom stereocenters. The zero-order chi connectivity index (χ0) is 15.6. The number of rotatable bonds is 5. The molecule has 2 rings (SSSR count). The van der Waals surface area contributed by atoms with Crippen LogP contribution >= 0.6 is 11.8 Å². The maximum atomic E-state index is 12.1. The highest BCUT2D eigenvalue weighted by atomic mass is 32.2. The van der Waals surface area contributed by atoms with E-state index in [2.05, 4.69) is 44.3 Å². The SMILES string of the molecule is Cc1cc(C)c(SCC(=O)N[C@](C)(C#N)C2CC2)c(C)c1. The van der Waals surface area contributed by atoms with Crippen LogP contribution in [0.15, 0.2) is 17.0 Å². The molecule has 4 heteroatoms. The van der Waals surface area contributed by atoms with E-state index in [-0.39, 0.29) is 5.91 Å². The van der Waals surface area contributed by atoms with Gasteiger partial charge in [-0.15, -0.1) is 11.8 Å². The lowest BCUT2D eigenvalue weighted by atomic mass is 9.98. The molecular weight excluding hydrogens is 280 g/mol. The number of carbonyl (C=O) groups excluding carboxylic acids is 1. The van der Waals surface area contributed by atoms with Gasteiger partial charge < -0.3 is 5.32 Å². The number of carbonyl (C=O) groups is 1. The van der Waals surface area contributed by atoms with Crippen molar-refractivity contribution in [3.8, 4) is 6.07 Å². The van der Waals surface area contributed by atoms with E-state index in [0.717, 1.165) is 12.8 Å². The highest BCUT2D eigenvalue weighted by molar-refractivity contribution is 8.00. The summed E-state index contributed by atoms with van der Waals surface area (Å²) in [6.45, 7) is 8.05. The molecule has 1 atom stereocenters. The van der Waals surface area contributed by atoms with Crippen LogP contribution in [0, 0.1) is 38.0 Å². The minimum atomic E-state index is -0.699. The standard InChI is InChI=1S/C17H22N2OS/c1-11-7-12(2)16(13(3)8-11)21-9-15(20)19-17(4,10-18)14-5-6-14/h7-8,14H,5-6,9H2,1-4H3,(H,19,20)/t17-/m1/s1. The Balaban J connectivity index is 1.97. The van der Waals surface area contributed by atoms with Crippen molar-refractivity contribution in [2.24, 2.45) is 5.92 Å². The van der Waals surface area contributed by atoms with Crippen molar-refractivity contribution in [3.63, 3.8) is 0 Å². The Morgan fingerprint density at radius 3 is 2.43 bits per heavy atom. The third-order valence-corrected chi connectivity index (χ3v) is 5.32. The van der Waals surface area contributed by atoms with Crippen LogP contribution in [0.25, 0.3) is 0 Å². The third-order valence-electron chi connectivity index (χ3n) is 3.98. The van der Waals surface area contributed by atoms with Gasteiger partial charge in [0, 0.05) is 4.90 Å². The monoisotopic (exact) mass is 302 g/mol. The molecule has 1 aromatic rings. The Kier molecular flexibility index (Phi) is 4.63. The summed E-state index contributed by atoms with van der Waals surface area (Å²) in [6, 6.07) is 6.53. The molecule has 1 saturated carbocycles. The zero-order valence-corrected chi connectivity index (χ0v) is 13.9. The maximum Gasteiger partial charge on any atom is 0.231 e. The minimum Gasteiger partial charge on any atom is -0.337 e. The van der Waals surface area contributed by atoms with Crippen molar-refractivity contribution in [1.82, 2.24) is 5.32 Å². The molecule has 1 fully saturated rings. The molecule has 3 nitrogen and oxygen atoms in total. The van der Waals surface area contributed by atoms with E-state index in [9.17, 15) is 10.1 Å². The highest BCUT2D eigenvalue weighted by Gasteiger charge is 2.42. The normalized spacial score (nSPS) is 16.9. The molecule has 0 aliphatic heterocycles. The number of nitrogens with zero attached hydrogens (tertiary/aromatic N) is 1. The van der Waals surface area contributed by atoms with Gasteiger partial charge in [-0.3, -0.25) is 4.79 Å². The second-order valence-corrected chi connectivity index (χ2v) is 7.14. The van der Waals surface area contributed by atoms with E-state index in [0.29, 0.717) is 11.7 Å². The predicted octanol–water partition coefficient (Wildman–Crippen LogP) is 3.51. The maximum absolute atomic E-state index is 12.1. The van der Waals surface area contributed by atoms with Gasteiger partial charge in [0.1, 0.15) is 5.54 Å². The Bertz CT molecular complexity index is 578. The Hall–Kier alpha value is -1.47. The Labute approximate surface area is 131 Å². The second kappa shape index (κ2) is 6.11. The van der Waals surface area contributed by atoms with E-state index in [4.69, 9.17) is 0 Å². The number of hydrogen-bond acceptors (Lipinski definition) is 3. The Morgan fingerprint density at radius 1 is 1.38 bits per heavy atom. The van der Waals surface area contributed by atoms with Crippen LogP contribution in [0.2, 0.25) is 0 Å². The molecule has 112 valence electrons. The van der Waals surface area contributed by atoms with Crippen molar-refractivity contribution >= 4 is 17.7 Å². The molecule has 1 amide bonds. The molecule has 1 N–H and O–H groups in total. The summed E-state index contributed by atoms with van der Waals surface area (Å²) < 4.78 is 0. The van der Waals surface area contributed by atoms with Crippen molar-refractivity contribution in [1.29, 1.82) is 5.26 Å². The number of nitrogens with one attached hydrogen (secondary N) is 1. The van der Waals surface area contributed by atoms with E-state index in [1.807, 2.05) is 6.92 Å². The van der Waals surface area contributed by atoms with Gasteiger partial charge in [0.25, 0.3) is 0 Å². The van der Waals surface area contributed by atoms with E-state index < -0.39 is 5.54 Å². The lowest BCUT2D eigenvalue weighted by molar-refractivity contribution is -0.119. The van der Waals surface area contributed by atoms with Gasteiger partial charge >= 0.3 is 0 Å². The average Bonchev–Trinajstić information content (AvgIpc) is 3.21. The first-order valence-corrected chi connectivity index (χ1v) is 8.27. The fraction of sp³-hybridized carbons (Fsp3) is 0.529. The van der Waals surface area contributed by atoms with Crippen LogP contribution in [-0.4, -0.2) is 17.2 Å². The molecule has 0 spiro atoms. The van der Waals surface area contributed by atoms with Gasteiger partial charge in [0.05, 0.1) is 11.8 Å². The van der Waals surface area contributed by atoms with E-state index in [1.165, 1.54) is 21.6 Å². The van der Waals surface area contributed by atoms with Crippen LogP contribution < -0.4 is 5.32 Å². The fourth-order valence-electron chi connectivity index (χ4n) is 2.74. The topological polar surface area (TPSA) is 52.9 Å². The van der Waals surface area contributed by atoms with Crippen LogP contribution in [-0.2, 0) is 4.79 Å². The number of nitriles is 1. The molecule has 0 radical (unpaired) electrons. The number of benzene rings is 1. The van der Waals surface area contributed by atoms with Crippen LogP contribution in [0.3, 0.4) is 0 Å². The van der Waals surface area contributed by atoms with Gasteiger partial charge in [-0.05, 0) is 57.6 Å². The second-order valence-electron chi connectivity index (χ2n) is 6.15. The summed E-state index contributed by atoms with van der Waals surface area (Å²) in [5.41, 5.74) is 2.95. The molecule has 1 aliphatic rings.